The van der Waals surface area contributed by atoms with Crippen LogP contribution in [0.15, 0.2) is 29.6 Å². The standard InChI is InChI=1S/C14H16F3NOS/c1-2-18-11(8-14(15,16)17)13(19)10-4-3-9-5-6-20-12(9)7-10/h3-7,11,13,18-19H,2,8H2,1H3. The number of hydrogen-bond acceptors (Lipinski definition) is 3. The van der Waals surface area contributed by atoms with Crippen molar-refractivity contribution in [1.82, 2.24) is 5.32 Å². The lowest BCUT2D eigenvalue weighted by Gasteiger charge is -2.25. The predicted molar refractivity (Wildman–Crippen MR) is 74.9 cm³/mol. The van der Waals surface area contributed by atoms with Gasteiger partial charge in [0.25, 0.3) is 0 Å². The van der Waals surface area contributed by atoms with Crippen LogP contribution in [0.1, 0.15) is 25.0 Å². The number of alkyl halides is 3. The highest BCUT2D eigenvalue weighted by molar-refractivity contribution is 7.17. The van der Waals surface area contributed by atoms with Crippen LogP contribution in [-0.4, -0.2) is 23.9 Å². The van der Waals surface area contributed by atoms with E-state index in [0.717, 1.165) is 10.1 Å². The van der Waals surface area contributed by atoms with Crippen LogP contribution in [0.2, 0.25) is 0 Å². The highest BCUT2D eigenvalue weighted by atomic mass is 32.1. The van der Waals surface area contributed by atoms with Crippen LogP contribution in [0.25, 0.3) is 10.1 Å². The minimum atomic E-state index is -4.30. The monoisotopic (exact) mass is 303 g/mol. The molecule has 0 aliphatic carbocycles. The molecule has 1 heterocycles. The zero-order chi connectivity index (χ0) is 14.8. The SMILES string of the molecule is CCNC(CC(F)(F)F)C(O)c1ccc2ccsc2c1. The molecule has 1 aromatic heterocycles. The summed E-state index contributed by atoms with van der Waals surface area (Å²) in [5, 5.41) is 15.9. The normalized spacial score (nSPS) is 15.4. The molecule has 0 amide bonds. The first-order valence-corrected chi connectivity index (χ1v) is 7.24. The van der Waals surface area contributed by atoms with Crippen molar-refractivity contribution in [2.75, 3.05) is 6.54 Å². The Hall–Kier alpha value is -1.11. The molecule has 2 rings (SSSR count). The minimum Gasteiger partial charge on any atom is -0.387 e. The van der Waals surface area contributed by atoms with Crippen molar-refractivity contribution in [1.29, 1.82) is 0 Å². The van der Waals surface area contributed by atoms with Crippen molar-refractivity contribution in [2.24, 2.45) is 0 Å². The molecule has 20 heavy (non-hydrogen) atoms. The van der Waals surface area contributed by atoms with Gasteiger partial charge >= 0.3 is 6.18 Å². The second-order valence-corrected chi connectivity index (χ2v) is 5.59. The number of hydrogen-bond donors (Lipinski definition) is 2. The van der Waals surface area contributed by atoms with E-state index in [-0.39, 0.29) is 0 Å². The van der Waals surface area contributed by atoms with Crippen molar-refractivity contribution in [2.45, 2.75) is 31.7 Å². The third-order valence-electron chi connectivity index (χ3n) is 3.12. The fourth-order valence-electron chi connectivity index (χ4n) is 2.19. The van der Waals surface area contributed by atoms with E-state index in [1.165, 1.54) is 11.3 Å². The van der Waals surface area contributed by atoms with Crippen molar-refractivity contribution >= 4 is 21.4 Å². The van der Waals surface area contributed by atoms with Gasteiger partial charge in [-0.1, -0.05) is 19.1 Å². The molecule has 2 aromatic rings. The average molecular weight is 303 g/mol. The van der Waals surface area contributed by atoms with E-state index in [4.69, 9.17) is 0 Å². The highest BCUT2D eigenvalue weighted by Crippen LogP contribution is 2.30. The Kier molecular flexibility index (Phi) is 4.67. The zero-order valence-corrected chi connectivity index (χ0v) is 11.8. The highest BCUT2D eigenvalue weighted by Gasteiger charge is 2.35. The van der Waals surface area contributed by atoms with E-state index in [2.05, 4.69) is 5.32 Å². The van der Waals surface area contributed by atoms with Gasteiger partial charge in [-0.05, 0) is 35.0 Å². The summed E-state index contributed by atoms with van der Waals surface area (Å²) < 4.78 is 38.6. The zero-order valence-electron chi connectivity index (χ0n) is 10.9. The molecule has 0 saturated heterocycles. The summed E-state index contributed by atoms with van der Waals surface area (Å²) in [7, 11) is 0. The Balaban J connectivity index is 2.22. The Morgan fingerprint density at radius 1 is 1.30 bits per heavy atom. The van der Waals surface area contributed by atoms with E-state index in [9.17, 15) is 18.3 Å². The number of fused-ring (bicyclic) bond motifs is 1. The number of aliphatic hydroxyl groups excluding tert-OH is 1. The van der Waals surface area contributed by atoms with E-state index in [0.29, 0.717) is 12.1 Å². The fourth-order valence-corrected chi connectivity index (χ4v) is 3.03. The maximum atomic E-state index is 12.6. The lowest BCUT2D eigenvalue weighted by atomic mass is 9.99. The van der Waals surface area contributed by atoms with E-state index in [1.54, 1.807) is 19.1 Å². The first-order valence-electron chi connectivity index (χ1n) is 6.36. The molecule has 2 unspecified atom stereocenters. The maximum Gasteiger partial charge on any atom is 0.390 e. The number of benzene rings is 1. The lowest BCUT2D eigenvalue weighted by molar-refractivity contribution is -0.146. The van der Waals surface area contributed by atoms with E-state index >= 15 is 0 Å². The Morgan fingerprint density at radius 3 is 2.70 bits per heavy atom. The van der Waals surface area contributed by atoms with Crippen LogP contribution in [0.5, 0.6) is 0 Å². The van der Waals surface area contributed by atoms with Gasteiger partial charge in [0.1, 0.15) is 0 Å². The summed E-state index contributed by atoms with van der Waals surface area (Å²) >= 11 is 1.50. The van der Waals surface area contributed by atoms with Crippen molar-refractivity contribution < 1.29 is 18.3 Å². The molecule has 0 saturated carbocycles. The van der Waals surface area contributed by atoms with Gasteiger partial charge in [-0.25, -0.2) is 0 Å². The van der Waals surface area contributed by atoms with Gasteiger partial charge in [0, 0.05) is 10.7 Å². The van der Waals surface area contributed by atoms with E-state index < -0.39 is 24.7 Å². The number of halogens is 3. The molecule has 0 spiro atoms. The number of likely N-dealkylation sites (N-methyl/N-ethyl adjacent to an activating group) is 1. The molecule has 0 aliphatic heterocycles. The first-order chi connectivity index (χ1) is 9.40. The van der Waals surface area contributed by atoms with Crippen LogP contribution < -0.4 is 5.32 Å². The lowest BCUT2D eigenvalue weighted by Crippen LogP contribution is -2.38. The van der Waals surface area contributed by atoms with Crippen LogP contribution in [0, 0.1) is 0 Å². The summed E-state index contributed by atoms with van der Waals surface area (Å²) in [5.41, 5.74) is 0.509. The molecule has 1 aromatic carbocycles. The van der Waals surface area contributed by atoms with Gasteiger partial charge in [0.05, 0.1) is 12.5 Å². The molecule has 0 bridgehead atoms. The van der Waals surface area contributed by atoms with Crippen molar-refractivity contribution in [3.8, 4) is 0 Å². The first kappa shape index (κ1) is 15.3. The third-order valence-corrected chi connectivity index (χ3v) is 4.00. The Labute approximate surface area is 119 Å². The van der Waals surface area contributed by atoms with Gasteiger partial charge in [0.2, 0.25) is 0 Å². The second kappa shape index (κ2) is 6.11. The van der Waals surface area contributed by atoms with Gasteiger partial charge < -0.3 is 10.4 Å². The molecule has 2 atom stereocenters. The second-order valence-electron chi connectivity index (χ2n) is 4.65. The maximum absolute atomic E-state index is 12.6. The fraction of sp³-hybridized carbons (Fsp3) is 0.429. The predicted octanol–water partition coefficient (Wildman–Crippen LogP) is 3.87. The number of thiophene rings is 1. The summed E-state index contributed by atoms with van der Waals surface area (Å²) in [4.78, 5) is 0. The largest absolute Gasteiger partial charge is 0.390 e. The van der Waals surface area contributed by atoms with Gasteiger partial charge in [0.15, 0.2) is 0 Å². The average Bonchev–Trinajstić information content (AvgIpc) is 2.83. The molecule has 2 nitrogen and oxygen atoms in total. The van der Waals surface area contributed by atoms with Gasteiger partial charge in [-0.3, -0.25) is 0 Å². The number of nitrogens with one attached hydrogen (secondary N) is 1. The quantitative estimate of drug-likeness (QED) is 0.879. The molecule has 0 aliphatic rings. The molecule has 2 N–H and O–H groups in total. The summed E-state index contributed by atoms with van der Waals surface area (Å²) in [6.07, 6.45) is -6.53. The van der Waals surface area contributed by atoms with Crippen LogP contribution in [0.4, 0.5) is 13.2 Å². The molecule has 0 radical (unpaired) electrons. The number of rotatable bonds is 5. The molecule has 6 heteroatoms. The summed E-state index contributed by atoms with van der Waals surface area (Å²) in [6.45, 7) is 2.09. The van der Waals surface area contributed by atoms with Crippen LogP contribution >= 0.6 is 11.3 Å². The smallest absolute Gasteiger partial charge is 0.387 e. The molecular weight excluding hydrogens is 287 g/mol. The molecule has 110 valence electrons. The number of aliphatic hydroxyl groups is 1. The van der Waals surface area contributed by atoms with Crippen LogP contribution in [-0.2, 0) is 0 Å². The van der Waals surface area contributed by atoms with E-state index in [1.807, 2.05) is 17.5 Å². The van der Waals surface area contributed by atoms with Crippen LogP contribution in [0.3, 0.4) is 0 Å². The third kappa shape index (κ3) is 3.71. The minimum absolute atomic E-state index is 0.374. The van der Waals surface area contributed by atoms with Crippen molar-refractivity contribution in [3.63, 3.8) is 0 Å². The Morgan fingerprint density at radius 2 is 2.05 bits per heavy atom. The molecular formula is C14H16F3NOS. The summed E-state index contributed by atoms with van der Waals surface area (Å²) in [6, 6.07) is 6.16. The van der Waals surface area contributed by atoms with Crippen molar-refractivity contribution in [3.05, 3.63) is 35.2 Å². The molecule has 0 fully saturated rings. The summed E-state index contributed by atoms with van der Waals surface area (Å²) in [5.74, 6) is 0. The topological polar surface area (TPSA) is 32.3 Å². The Bertz CT molecular complexity index is 567. The van der Waals surface area contributed by atoms with Gasteiger partial charge in [-0.15, -0.1) is 11.3 Å². The van der Waals surface area contributed by atoms with Gasteiger partial charge in [-0.2, -0.15) is 13.2 Å².